The molecular formula is C27H41NO6S. The van der Waals surface area contributed by atoms with E-state index in [1.54, 1.807) is 32.1 Å². The largest absolute Gasteiger partial charge is 0.458 e. The minimum absolute atomic E-state index is 0.0455. The maximum atomic E-state index is 13.2. The number of aliphatic hydroxyl groups excluding tert-OH is 2. The molecule has 2 aliphatic heterocycles. The van der Waals surface area contributed by atoms with Crippen molar-refractivity contribution in [3.05, 3.63) is 21.7 Å². The lowest BCUT2D eigenvalue weighted by Crippen LogP contribution is -2.45. The fraction of sp³-hybridized carbons (Fsp3) is 0.741. The standard InChI is InChI=1S/C27H41NO6S/c1-15-9-8-10-27(7)22(34-27)12-20(16(2)11-19-14-35-18(4)28-19)33-23(30)13-21(29)26(5,6)25(32)17(3)24(15)31/h11,14-15,17,20-22,24,29,31H,8-10,12-13H2,1-7H3/b16-11+/t15-,17+,20+,21-,22-,24-,27+/m1/s1. The van der Waals surface area contributed by atoms with E-state index in [1.165, 1.54) is 0 Å². The number of esters is 1. The van der Waals surface area contributed by atoms with Crippen LogP contribution in [0.15, 0.2) is 11.0 Å². The van der Waals surface area contributed by atoms with Crippen LogP contribution in [0.4, 0.5) is 0 Å². The summed E-state index contributed by atoms with van der Waals surface area (Å²) in [6.07, 6.45) is 1.98. The van der Waals surface area contributed by atoms with Gasteiger partial charge in [0.25, 0.3) is 0 Å². The fourth-order valence-corrected chi connectivity index (χ4v) is 5.64. The van der Waals surface area contributed by atoms with Crippen LogP contribution in [0, 0.1) is 24.2 Å². The number of hydrogen-bond acceptors (Lipinski definition) is 8. The number of thiazole rings is 1. The van der Waals surface area contributed by atoms with Gasteiger partial charge in [-0.15, -0.1) is 11.3 Å². The Balaban J connectivity index is 1.85. The van der Waals surface area contributed by atoms with Crippen molar-refractivity contribution < 1.29 is 29.3 Å². The van der Waals surface area contributed by atoms with Crippen LogP contribution in [0.2, 0.25) is 0 Å². The Kier molecular flexibility index (Phi) is 8.62. The molecule has 1 aromatic heterocycles. The first-order valence-electron chi connectivity index (χ1n) is 12.6. The van der Waals surface area contributed by atoms with E-state index in [0.29, 0.717) is 6.42 Å². The van der Waals surface area contributed by atoms with E-state index in [0.717, 1.165) is 35.5 Å². The lowest BCUT2D eigenvalue weighted by Gasteiger charge is -2.34. The highest BCUT2D eigenvalue weighted by Crippen LogP contribution is 2.45. The van der Waals surface area contributed by atoms with E-state index in [1.807, 2.05) is 32.2 Å². The number of aliphatic hydroxyl groups is 2. The number of aryl methyl sites for hydroxylation is 1. The van der Waals surface area contributed by atoms with Crippen LogP contribution in [0.1, 0.15) is 84.3 Å². The quantitative estimate of drug-likeness (QED) is 0.449. The van der Waals surface area contributed by atoms with E-state index in [9.17, 15) is 19.8 Å². The average molecular weight is 508 g/mol. The summed E-state index contributed by atoms with van der Waals surface area (Å²) in [5.74, 6) is -1.55. The Morgan fingerprint density at radius 3 is 2.54 bits per heavy atom. The van der Waals surface area contributed by atoms with Gasteiger partial charge in [0.05, 0.1) is 46.5 Å². The minimum Gasteiger partial charge on any atom is -0.458 e. The molecule has 2 fully saturated rings. The molecule has 2 aliphatic rings. The van der Waals surface area contributed by atoms with Gasteiger partial charge < -0.3 is 19.7 Å². The van der Waals surface area contributed by atoms with Gasteiger partial charge in [0.15, 0.2) is 0 Å². The minimum atomic E-state index is -1.23. The van der Waals surface area contributed by atoms with Gasteiger partial charge >= 0.3 is 5.97 Å². The maximum absolute atomic E-state index is 13.2. The van der Waals surface area contributed by atoms with Gasteiger partial charge in [0.2, 0.25) is 0 Å². The number of hydrogen-bond donors (Lipinski definition) is 2. The monoisotopic (exact) mass is 507 g/mol. The van der Waals surface area contributed by atoms with Crippen molar-refractivity contribution in [3.8, 4) is 0 Å². The highest BCUT2D eigenvalue weighted by Gasteiger charge is 2.53. The molecule has 7 nitrogen and oxygen atoms in total. The second-order valence-corrected chi connectivity index (χ2v) is 12.3. The van der Waals surface area contributed by atoms with Crippen molar-refractivity contribution >= 4 is 29.2 Å². The third-order valence-corrected chi connectivity index (χ3v) is 8.72. The van der Waals surface area contributed by atoms with E-state index < -0.39 is 35.6 Å². The van der Waals surface area contributed by atoms with Crippen LogP contribution in [0.3, 0.4) is 0 Å². The Bertz CT molecular complexity index is 955. The highest BCUT2D eigenvalue weighted by molar-refractivity contribution is 7.09. The molecule has 0 amide bonds. The van der Waals surface area contributed by atoms with Gasteiger partial charge in [-0.3, -0.25) is 9.59 Å². The molecule has 2 saturated heterocycles. The van der Waals surface area contributed by atoms with Gasteiger partial charge in [-0.2, -0.15) is 0 Å². The summed E-state index contributed by atoms with van der Waals surface area (Å²) in [5.41, 5.74) is 0.179. The fourth-order valence-electron chi connectivity index (χ4n) is 5.07. The third kappa shape index (κ3) is 6.59. The summed E-state index contributed by atoms with van der Waals surface area (Å²) in [4.78, 5) is 30.6. The Morgan fingerprint density at radius 1 is 1.23 bits per heavy atom. The first-order valence-corrected chi connectivity index (χ1v) is 13.5. The number of nitrogens with zero attached hydrogens (tertiary/aromatic N) is 1. The maximum Gasteiger partial charge on any atom is 0.309 e. The molecule has 35 heavy (non-hydrogen) atoms. The number of cyclic esters (lactones) is 1. The first kappa shape index (κ1) is 28.0. The molecule has 0 unspecified atom stereocenters. The molecule has 0 saturated carbocycles. The van der Waals surface area contributed by atoms with Crippen molar-refractivity contribution in [2.24, 2.45) is 17.3 Å². The lowest BCUT2D eigenvalue weighted by atomic mass is 9.73. The molecule has 3 heterocycles. The molecule has 8 heteroatoms. The normalized spacial score (nSPS) is 37.5. The number of ketones is 1. The van der Waals surface area contributed by atoms with Gasteiger partial charge in [0.1, 0.15) is 11.9 Å². The summed E-state index contributed by atoms with van der Waals surface area (Å²) in [6.45, 7) is 12.8. The number of fused-ring (bicyclic) bond motifs is 1. The Morgan fingerprint density at radius 2 is 1.91 bits per heavy atom. The topological polar surface area (TPSA) is 109 Å². The number of ether oxygens (including phenoxy) is 2. The summed E-state index contributed by atoms with van der Waals surface area (Å²) in [7, 11) is 0. The molecule has 0 spiro atoms. The van der Waals surface area contributed by atoms with Crippen LogP contribution in [-0.4, -0.2) is 57.0 Å². The highest BCUT2D eigenvalue weighted by atomic mass is 32.1. The lowest BCUT2D eigenvalue weighted by molar-refractivity contribution is -0.154. The van der Waals surface area contributed by atoms with Gasteiger partial charge in [-0.25, -0.2) is 4.98 Å². The summed E-state index contributed by atoms with van der Waals surface area (Å²) < 4.78 is 11.9. The van der Waals surface area contributed by atoms with Crippen molar-refractivity contribution in [3.63, 3.8) is 0 Å². The van der Waals surface area contributed by atoms with Crippen LogP contribution < -0.4 is 0 Å². The van der Waals surface area contributed by atoms with Crippen molar-refractivity contribution in [2.75, 3.05) is 0 Å². The van der Waals surface area contributed by atoms with Gasteiger partial charge in [-0.05, 0) is 51.2 Å². The van der Waals surface area contributed by atoms with Crippen LogP contribution in [0.5, 0.6) is 0 Å². The van der Waals surface area contributed by atoms with E-state index in [4.69, 9.17) is 9.47 Å². The number of carbonyl (C=O) groups excluding carboxylic acids is 2. The molecule has 7 atom stereocenters. The predicted molar refractivity (Wildman–Crippen MR) is 136 cm³/mol. The zero-order valence-electron chi connectivity index (χ0n) is 22.0. The molecule has 1 aromatic rings. The molecule has 2 N–H and O–H groups in total. The zero-order valence-corrected chi connectivity index (χ0v) is 22.9. The summed E-state index contributed by atoms with van der Waals surface area (Å²) >= 11 is 1.56. The van der Waals surface area contributed by atoms with Crippen molar-refractivity contribution in [2.45, 2.75) is 111 Å². The van der Waals surface area contributed by atoms with Crippen LogP contribution >= 0.6 is 11.3 Å². The van der Waals surface area contributed by atoms with Gasteiger partial charge in [-0.1, -0.05) is 34.1 Å². The average Bonchev–Trinajstić information content (AvgIpc) is 3.22. The predicted octanol–water partition coefficient (Wildman–Crippen LogP) is 4.48. The molecule has 3 rings (SSSR count). The number of carbonyl (C=O) groups is 2. The molecule has 0 aliphatic carbocycles. The SMILES string of the molecule is C/C(=C\c1csc(C)n1)[C@@H]1C[C@H]2O[C@@]2(C)CCC[C@@H](C)[C@@H](O)[C@H](C)C(=O)C(C)(C)[C@H](O)CC(=O)O1. The van der Waals surface area contributed by atoms with Gasteiger partial charge in [0, 0.05) is 17.7 Å². The number of aromatic nitrogens is 1. The third-order valence-electron chi connectivity index (χ3n) is 7.93. The number of epoxide rings is 1. The van der Waals surface area contributed by atoms with Crippen LogP contribution in [0.25, 0.3) is 6.08 Å². The van der Waals surface area contributed by atoms with E-state index in [-0.39, 0.29) is 29.8 Å². The summed E-state index contributed by atoms with van der Waals surface area (Å²) in [5, 5.41) is 24.6. The molecular weight excluding hydrogens is 466 g/mol. The molecule has 0 aromatic carbocycles. The van der Waals surface area contributed by atoms with Crippen molar-refractivity contribution in [1.82, 2.24) is 4.98 Å². The van der Waals surface area contributed by atoms with Crippen LogP contribution in [-0.2, 0) is 19.1 Å². The molecule has 0 radical (unpaired) electrons. The second kappa shape index (κ2) is 10.8. The van der Waals surface area contributed by atoms with E-state index in [2.05, 4.69) is 11.9 Å². The molecule has 0 bridgehead atoms. The van der Waals surface area contributed by atoms with E-state index >= 15 is 0 Å². The number of rotatable bonds is 2. The van der Waals surface area contributed by atoms with Crippen molar-refractivity contribution in [1.29, 1.82) is 0 Å². The summed E-state index contributed by atoms with van der Waals surface area (Å²) in [6, 6.07) is 0. The first-order chi connectivity index (χ1) is 16.2. The Hall–Kier alpha value is -1.61. The number of Topliss-reactive ketones (excluding diaryl/α,β-unsaturated/α-hetero) is 1. The smallest absolute Gasteiger partial charge is 0.309 e. The second-order valence-electron chi connectivity index (χ2n) is 11.3. The molecule has 196 valence electrons. The zero-order chi connectivity index (χ0) is 26.1. The Labute approximate surface area is 212 Å².